The van der Waals surface area contributed by atoms with E-state index in [4.69, 9.17) is 2.74 Å². The van der Waals surface area contributed by atoms with Crippen molar-refractivity contribution >= 4 is 79.0 Å². The van der Waals surface area contributed by atoms with Gasteiger partial charge in [0.05, 0.1) is 33.4 Å². The van der Waals surface area contributed by atoms with E-state index in [2.05, 4.69) is 329 Å². The summed E-state index contributed by atoms with van der Waals surface area (Å²) in [4.78, 5) is 5.05. The molecule has 0 aliphatic carbocycles. The molecule has 2 aliphatic heterocycles. The van der Waals surface area contributed by atoms with E-state index in [9.17, 15) is 8.22 Å². The molecule has 0 atom stereocenters. The molecule has 0 saturated carbocycles. The lowest BCUT2D eigenvalue weighted by molar-refractivity contribution is 0.569. The monoisotopic (exact) mass is 1270 g/mol. The number of benzene rings is 13. The Bertz CT molecular complexity index is 5680. The van der Waals surface area contributed by atoms with Gasteiger partial charge in [-0.2, -0.15) is 0 Å². The number of anilines is 6. The second-order valence-corrected chi connectivity index (χ2v) is 30.8. The first kappa shape index (κ1) is 53.5. The van der Waals surface area contributed by atoms with Crippen LogP contribution in [0.5, 0.6) is 0 Å². The molecule has 0 bridgehead atoms. The van der Waals surface area contributed by atoms with Crippen LogP contribution in [0, 0.1) is 0 Å². The number of hydrogen-bond donors (Lipinski definition) is 0. The molecule has 13 aromatic carbocycles. The lowest BCUT2D eigenvalue weighted by atomic mass is 9.33. The lowest BCUT2D eigenvalue weighted by Crippen LogP contribution is -2.61. The predicted molar refractivity (Wildman–Crippen MR) is 422 cm³/mol. The smallest absolute Gasteiger partial charge is 0.252 e. The van der Waals surface area contributed by atoms with E-state index in [1.165, 1.54) is 16.7 Å². The number of nitrogens with zero attached hydrogens (tertiary/aromatic N) is 3. The maximum Gasteiger partial charge on any atom is 0.252 e. The van der Waals surface area contributed by atoms with Crippen LogP contribution >= 0.6 is 0 Å². The molecule has 0 spiro atoms. The third-order valence-electron chi connectivity index (χ3n) is 20.2. The fourth-order valence-electron chi connectivity index (χ4n) is 14.9. The summed E-state index contributed by atoms with van der Waals surface area (Å²) in [7, 11) is 0. The maximum atomic E-state index is 9.87. The number of para-hydroxylation sites is 2. The minimum absolute atomic E-state index is 0.0137. The Morgan fingerprint density at radius 1 is 0.286 bits per heavy atom. The second kappa shape index (κ2) is 23.6. The number of hydrogen-bond acceptors (Lipinski definition) is 2. The lowest BCUT2D eigenvalue weighted by Gasteiger charge is -2.46. The molecule has 0 fully saturated rings. The summed E-state index contributed by atoms with van der Waals surface area (Å²) in [5.41, 5.74) is 25.3. The van der Waals surface area contributed by atoms with Gasteiger partial charge >= 0.3 is 0 Å². The van der Waals surface area contributed by atoms with Crippen LogP contribution in [0.2, 0.25) is 0 Å². The maximum absolute atomic E-state index is 9.87. The highest BCUT2D eigenvalue weighted by atomic mass is 15.2. The van der Waals surface area contributed by atoms with Gasteiger partial charge in [0.2, 0.25) is 0 Å². The van der Waals surface area contributed by atoms with E-state index in [1.807, 2.05) is 6.07 Å². The van der Waals surface area contributed by atoms with Crippen molar-refractivity contribution in [3.8, 4) is 72.4 Å². The van der Waals surface area contributed by atoms with E-state index in [0.29, 0.717) is 5.69 Å². The normalized spacial score (nSPS) is 14.2. The Morgan fingerprint density at radius 2 is 0.653 bits per heavy atom. The molecule has 0 amide bonds. The first-order chi connectivity index (χ1) is 50.5. The van der Waals surface area contributed by atoms with Gasteiger partial charge in [-0.05, 0) is 171 Å². The molecule has 478 valence electrons. The van der Waals surface area contributed by atoms with Crippen LogP contribution in [0.15, 0.2) is 291 Å². The fraction of sp³-hybridized carbons (Fsp3) is 0.170. The number of aromatic nitrogens is 1. The molecule has 3 heterocycles. The van der Waals surface area contributed by atoms with Gasteiger partial charge in [-0.3, -0.25) is 0 Å². The van der Waals surface area contributed by atoms with Crippen LogP contribution in [-0.2, 0) is 21.7 Å². The highest BCUT2D eigenvalue weighted by molar-refractivity contribution is 7.00. The Hall–Kier alpha value is -10.7. The van der Waals surface area contributed by atoms with Crippen LogP contribution in [0.3, 0.4) is 0 Å². The summed E-state index contributed by atoms with van der Waals surface area (Å²) in [6, 6.07) is 85.0. The topological polar surface area (TPSA) is 11.4 Å². The largest absolute Gasteiger partial charge is 0.310 e. The van der Waals surface area contributed by atoms with Gasteiger partial charge in [0.15, 0.2) is 0 Å². The van der Waals surface area contributed by atoms with Gasteiger partial charge in [-0.1, -0.05) is 307 Å². The molecular weight excluding hydrogens is 1180 g/mol. The van der Waals surface area contributed by atoms with Gasteiger partial charge in [0, 0.05) is 61.5 Å². The minimum Gasteiger partial charge on any atom is -0.310 e. The van der Waals surface area contributed by atoms with Crippen molar-refractivity contribution in [3.63, 3.8) is 0 Å². The van der Waals surface area contributed by atoms with Gasteiger partial charge < -0.3 is 14.4 Å². The van der Waals surface area contributed by atoms with Crippen molar-refractivity contribution in [2.24, 2.45) is 0 Å². The third kappa shape index (κ3) is 10.8. The van der Waals surface area contributed by atoms with E-state index in [-0.39, 0.29) is 67.6 Å². The standard InChI is InChI=1S/C94H84BN3/c1-91(2,3)69-50-67(51-70(55-69)92(4,5)6)66-46-49-84-81(52-66)95-80-48-47-73(96-82-44-30-28-42-74(82)75-43-29-31-45-83(75)96)60-85(80)98(90-78(64-38-24-16-25-39-64)58-72(94(10,11)12)59-79(90)65-40-26-17-27-41-65)87-54-68(61-32-18-13-19-33-61)53-86(88(87)95)97(84)89-76(62-34-20-14-21-35-62)56-71(93(7,8)9)57-77(89)63-36-22-15-23-37-63/h13-60H,1-12H3/i28D,29D,30D,31D,42D,43D,44D,45D. The molecule has 16 rings (SSSR count). The van der Waals surface area contributed by atoms with Crippen LogP contribution in [-0.4, -0.2) is 11.3 Å². The predicted octanol–water partition coefficient (Wildman–Crippen LogP) is 24.1. The van der Waals surface area contributed by atoms with Crippen LogP contribution in [0.1, 0.15) is 116 Å². The van der Waals surface area contributed by atoms with Crippen molar-refractivity contribution < 1.29 is 11.0 Å². The van der Waals surface area contributed by atoms with E-state index in [0.717, 1.165) is 123 Å². The summed E-state index contributed by atoms with van der Waals surface area (Å²) in [6.45, 7) is 26.9. The molecule has 0 unspecified atom stereocenters. The average Bonchev–Trinajstić information content (AvgIpc) is 1.35. The highest BCUT2D eigenvalue weighted by Gasteiger charge is 2.46. The Morgan fingerprint density at radius 3 is 1.06 bits per heavy atom. The minimum atomic E-state index is -0.509. The SMILES string of the molecule is [2H]c1c([2H])c([2H])c2c(c1[2H])c1c([2H])c([2H])c([2H])c([2H])c1n2-c1ccc2c(c1)N(c1c(-c3ccccc3)cc(C(C)(C)C)cc1-c1ccccc1)c1cc(-c3ccccc3)cc3c1B2c1cc(-c2cc(C(C)(C)C)cc(C(C)(C)C)c2)ccc1N3c1c(-c2ccccc2)cc(C(C)(C)C)cc1-c1ccccc1. The molecule has 0 radical (unpaired) electrons. The quantitative estimate of drug-likeness (QED) is 0.133. The Kier molecular flexibility index (Phi) is 12.9. The van der Waals surface area contributed by atoms with Gasteiger partial charge in [-0.15, -0.1) is 0 Å². The van der Waals surface area contributed by atoms with E-state index >= 15 is 0 Å². The van der Waals surface area contributed by atoms with Crippen LogP contribution in [0.4, 0.5) is 34.1 Å². The molecular formula is C94H84BN3. The Labute approximate surface area is 591 Å². The molecule has 2 aliphatic rings. The van der Waals surface area contributed by atoms with Crippen molar-refractivity contribution in [2.45, 2.75) is 105 Å². The first-order valence-corrected chi connectivity index (χ1v) is 34.4. The molecule has 3 nitrogen and oxygen atoms in total. The summed E-state index contributed by atoms with van der Waals surface area (Å²) < 4.78 is 77.4. The van der Waals surface area contributed by atoms with Crippen molar-refractivity contribution in [2.75, 3.05) is 9.80 Å². The zero-order chi connectivity index (χ0) is 74.5. The van der Waals surface area contributed by atoms with Crippen molar-refractivity contribution in [3.05, 3.63) is 313 Å². The first-order valence-electron chi connectivity index (χ1n) is 38.4. The Balaban J connectivity index is 1.14. The third-order valence-corrected chi connectivity index (χ3v) is 20.2. The van der Waals surface area contributed by atoms with Crippen LogP contribution in [0.25, 0.3) is 94.3 Å². The average molecular weight is 1270 g/mol. The van der Waals surface area contributed by atoms with Crippen molar-refractivity contribution in [1.82, 2.24) is 4.57 Å². The number of fused-ring (bicyclic) bond motifs is 7. The van der Waals surface area contributed by atoms with Gasteiger partial charge in [0.1, 0.15) is 0 Å². The van der Waals surface area contributed by atoms with Gasteiger partial charge in [-0.25, -0.2) is 0 Å². The molecule has 14 aromatic rings. The number of rotatable bonds is 9. The van der Waals surface area contributed by atoms with Crippen LogP contribution < -0.4 is 26.2 Å². The van der Waals surface area contributed by atoms with E-state index in [1.54, 1.807) is 4.57 Å². The van der Waals surface area contributed by atoms with Crippen molar-refractivity contribution in [1.29, 1.82) is 0 Å². The fourth-order valence-corrected chi connectivity index (χ4v) is 14.9. The molecule has 0 N–H and O–H groups in total. The van der Waals surface area contributed by atoms with Gasteiger partial charge in [0.25, 0.3) is 6.71 Å². The zero-order valence-electron chi connectivity index (χ0n) is 66.0. The highest BCUT2D eigenvalue weighted by Crippen LogP contribution is 2.56. The zero-order valence-corrected chi connectivity index (χ0v) is 58.0. The summed E-state index contributed by atoms with van der Waals surface area (Å²) in [6.07, 6.45) is 0. The molecule has 4 heteroatoms. The second-order valence-electron chi connectivity index (χ2n) is 30.8. The summed E-state index contributed by atoms with van der Waals surface area (Å²) in [5.74, 6) is 0. The molecule has 98 heavy (non-hydrogen) atoms. The molecule has 0 saturated heterocycles. The summed E-state index contributed by atoms with van der Waals surface area (Å²) in [5, 5.41) is 0.0274. The molecule has 1 aromatic heterocycles. The summed E-state index contributed by atoms with van der Waals surface area (Å²) >= 11 is 0. The van der Waals surface area contributed by atoms with E-state index < -0.39 is 30.9 Å².